The van der Waals surface area contributed by atoms with Gasteiger partial charge in [-0.05, 0) is 17.8 Å². The Morgan fingerprint density at radius 2 is 1.76 bits per heavy atom. The Balaban J connectivity index is 1.68. The number of nitrogens with zero attached hydrogens (tertiary/aromatic N) is 2. The van der Waals surface area contributed by atoms with Crippen LogP contribution in [0.15, 0.2) is 0 Å². The topological polar surface area (TPSA) is 15.7 Å². The van der Waals surface area contributed by atoms with Crippen molar-refractivity contribution >= 4 is 0 Å². The predicted octanol–water partition coefficient (Wildman–Crippen LogP) is 2.03. The van der Waals surface area contributed by atoms with Gasteiger partial charge in [0.25, 0.3) is 0 Å². The second kappa shape index (κ2) is 5.25. The molecule has 0 radical (unpaired) electrons. The molecular formula is C14H28N2O. The highest BCUT2D eigenvalue weighted by molar-refractivity contribution is 5.09. The molecule has 1 aliphatic carbocycles. The van der Waals surface area contributed by atoms with Crippen LogP contribution in [0.2, 0.25) is 0 Å². The van der Waals surface area contributed by atoms with Crippen LogP contribution in [0, 0.1) is 11.3 Å². The van der Waals surface area contributed by atoms with Gasteiger partial charge in [0.1, 0.15) is 0 Å². The van der Waals surface area contributed by atoms with E-state index in [1.165, 1.54) is 26.2 Å². The molecule has 1 heterocycles. The molecule has 3 heteroatoms. The lowest BCUT2D eigenvalue weighted by Crippen LogP contribution is -2.48. The Morgan fingerprint density at radius 3 is 2.24 bits per heavy atom. The summed E-state index contributed by atoms with van der Waals surface area (Å²) in [5, 5.41) is 0. The van der Waals surface area contributed by atoms with Crippen molar-refractivity contribution in [1.29, 1.82) is 0 Å². The van der Waals surface area contributed by atoms with Crippen LogP contribution < -0.4 is 0 Å². The smallest absolute Gasteiger partial charge is 0.0991 e. The van der Waals surface area contributed by atoms with Crippen molar-refractivity contribution in [1.82, 2.24) is 9.80 Å². The van der Waals surface area contributed by atoms with Gasteiger partial charge in [-0.2, -0.15) is 0 Å². The minimum Gasteiger partial charge on any atom is -0.366 e. The summed E-state index contributed by atoms with van der Waals surface area (Å²) >= 11 is 0. The zero-order valence-electron chi connectivity index (χ0n) is 11.9. The van der Waals surface area contributed by atoms with Crippen molar-refractivity contribution in [3.8, 4) is 0 Å². The molecule has 2 aliphatic rings. The van der Waals surface area contributed by atoms with Crippen molar-refractivity contribution < 1.29 is 4.74 Å². The fraction of sp³-hybridized carbons (Fsp3) is 1.00. The fourth-order valence-electron chi connectivity index (χ4n) is 3.16. The van der Waals surface area contributed by atoms with Gasteiger partial charge in [0, 0.05) is 38.8 Å². The maximum absolute atomic E-state index is 5.60. The molecule has 0 spiro atoms. The van der Waals surface area contributed by atoms with Gasteiger partial charge >= 0.3 is 0 Å². The van der Waals surface area contributed by atoms with Crippen LogP contribution >= 0.6 is 0 Å². The minimum atomic E-state index is 0.543. The highest BCUT2D eigenvalue weighted by atomic mass is 16.5. The molecule has 2 rings (SSSR count). The van der Waals surface area contributed by atoms with Gasteiger partial charge in [-0.3, -0.25) is 9.80 Å². The highest BCUT2D eigenvalue weighted by Crippen LogP contribution is 2.54. The Bertz CT molecular complexity index is 247. The third-order valence-corrected chi connectivity index (χ3v) is 4.72. The number of piperazine rings is 1. The third-order valence-electron chi connectivity index (χ3n) is 4.72. The van der Waals surface area contributed by atoms with Crippen molar-refractivity contribution in [3.05, 3.63) is 0 Å². The van der Waals surface area contributed by atoms with E-state index in [4.69, 9.17) is 4.74 Å². The maximum atomic E-state index is 5.60. The summed E-state index contributed by atoms with van der Waals surface area (Å²) in [7, 11) is 0. The monoisotopic (exact) mass is 240 g/mol. The van der Waals surface area contributed by atoms with Gasteiger partial charge in [0.15, 0.2) is 0 Å². The van der Waals surface area contributed by atoms with Gasteiger partial charge in [0.2, 0.25) is 0 Å². The molecule has 0 aromatic carbocycles. The lowest BCUT2D eigenvalue weighted by Gasteiger charge is -2.35. The number of rotatable bonds is 5. The van der Waals surface area contributed by atoms with E-state index in [0.717, 1.165) is 31.7 Å². The second-order valence-corrected chi connectivity index (χ2v) is 6.25. The SMILES string of the molecule is CCCOCN1CCN(C2C(C)C2(C)C)CC1. The van der Waals surface area contributed by atoms with Gasteiger partial charge in [-0.25, -0.2) is 0 Å². The van der Waals surface area contributed by atoms with Crippen LogP contribution in [0.4, 0.5) is 0 Å². The van der Waals surface area contributed by atoms with E-state index >= 15 is 0 Å². The zero-order valence-corrected chi connectivity index (χ0v) is 11.9. The summed E-state index contributed by atoms with van der Waals surface area (Å²) in [5.74, 6) is 0.866. The molecule has 1 aliphatic heterocycles. The molecule has 0 aromatic heterocycles. The van der Waals surface area contributed by atoms with E-state index < -0.39 is 0 Å². The molecule has 100 valence electrons. The van der Waals surface area contributed by atoms with E-state index in [2.05, 4.69) is 37.5 Å². The molecule has 17 heavy (non-hydrogen) atoms. The standard InChI is InChI=1S/C14H28N2O/c1-5-10-17-11-15-6-8-16(9-7-15)13-12(2)14(13,3)4/h12-13H,5-11H2,1-4H3. The number of hydrogen-bond donors (Lipinski definition) is 0. The second-order valence-electron chi connectivity index (χ2n) is 6.25. The molecule has 3 nitrogen and oxygen atoms in total. The van der Waals surface area contributed by atoms with E-state index in [0.29, 0.717) is 5.41 Å². The molecule has 2 atom stereocenters. The minimum absolute atomic E-state index is 0.543. The molecule has 0 bridgehead atoms. The Labute approximate surface area is 106 Å². The normalized spacial score (nSPS) is 33.9. The third kappa shape index (κ3) is 2.83. The predicted molar refractivity (Wildman–Crippen MR) is 71.0 cm³/mol. The molecule has 2 unspecified atom stereocenters. The first-order chi connectivity index (χ1) is 8.07. The molecule has 2 fully saturated rings. The molecule has 0 aromatic rings. The van der Waals surface area contributed by atoms with Crippen LogP contribution in [-0.2, 0) is 4.74 Å². The van der Waals surface area contributed by atoms with Crippen molar-refractivity contribution in [2.45, 2.75) is 40.2 Å². The van der Waals surface area contributed by atoms with Crippen molar-refractivity contribution in [2.24, 2.45) is 11.3 Å². The van der Waals surface area contributed by atoms with E-state index in [1.807, 2.05) is 0 Å². The Kier molecular flexibility index (Phi) is 4.11. The number of hydrogen-bond acceptors (Lipinski definition) is 3. The largest absolute Gasteiger partial charge is 0.366 e. The average Bonchev–Trinajstić information content (AvgIpc) is 2.80. The average molecular weight is 240 g/mol. The van der Waals surface area contributed by atoms with Gasteiger partial charge in [-0.1, -0.05) is 27.7 Å². The van der Waals surface area contributed by atoms with E-state index in [9.17, 15) is 0 Å². The Morgan fingerprint density at radius 1 is 1.18 bits per heavy atom. The fourth-order valence-corrected chi connectivity index (χ4v) is 3.16. The Hall–Kier alpha value is -0.120. The molecule has 0 amide bonds. The first-order valence-electron chi connectivity index (χ1n) is 7.11. The summed E-state index contributed by atoms with van der Waals surface area (Å²) < 4.78 is 5.60. The van der Waals surface area contributed by atoms with E-state index in [-0.39, 0.29) is 0 Å². The van der Waals surface area contributed by atoms with Gasteiger partial charge in [0.05, 0.1) is 6.73 Å². The first kappa shape index (κ1) is 13.3. The van der Waals surface area contributed by atoms with Gasteiger partial charge in [-0.15, -0.1) is 0 Å². The first-order valence-corrected chi connectivity index (χ1v) is 7.11. The van der Waals surface area contributed by atoms with Crippen LogP contribution in [0.5, 0.6) is 0 Å². The summed E-state index contributed by atoms with van der Waals surface area (Å²) in [6, 6.07) is 0.821. The molecule has 0 N–H and O–H groups in total. The van der Waals surface area contributed by atoms with E-state index in [1.54, 1.807) is 0 Å². The lowest BCUT2D eigenvalue weighted by atomic mass is 10.1. The van der Waals surface area contributed by atoms with Crippen molar-refractivity contribution in [2.75, 3.05) is 39.5 Å². The number of ether oxygens (including phenoxy) is 1. The summed E-state index contributed by atoms with van der Waals surface area (Å²) in [6.07, 6.45) is 1.12. The van der Waals surface area contributed by atoms with Crippen LogP contribution in [0.25, 0.3) is 0 Å². The van der Waals surface area contributed by atoms with Gasteiger partial charge < -0.3 is 4.74 Å². The maximum Gasteiger partial charge on any atom is 0.0991 e. The summed E-state index contributed by atoms with van der Waals surface area (Å²) in [4.78, 5) is 5.12. The summed E-state index contributed by atoms with van der Waals surface area (Å²) in [6.45, 7) is 15.8. The molecule has 1 saturated heterocycles. The van der Waals surface area contributed by atoms with Crippen molar-refractivity contribution in [3.63, 3.8) is 0 Å². The van der Waals surface area contributed by atoms with Crippen LogP contribution in [0.1, 0.15) is 34.1 Å². The lowest BCUT2D eigenvalue weighted by molar-refractivity contribution is -0.00113. The quantitative estimate of drug-likeness (QED) is 0.684. The van der Waals surface area contributed by atoms with Crippen LogP contribution in [0.3, 0.4) is 0 Å². The molecular weight excluding hydrogens is 212 g/mol. The molecule has 1 saturated carbocycles. The summed E-state index contributed by atoms with van der Waals surface area (Å²) in [5.41, 5.74) is 0.543. The highest BCUT2D eigenvalue weighted by Gasteiger charge is 2.57. The van der Waals surface area contributed by atoms with Crippen LogP contribution in [-0.4, -0.2) is 55.4 Å². The zero-order chi connectivity index (χ0) is 12.5.